The normalized spacial score (nSPS) is 31.5. The summed E-state index contributed by atoms with van der Waals surface area (Å²) in [5.74, 6) is 3.77. The second kappa shape index (κ2) is 12.4. The van der Waals surface area contributed by atoms with Crippen molar-refractivity contribution in [3.05, 3.63) is 42.2 Å². The van der Waals surface area contributed by atoms with Crippen molar-refractivity contribution < 1.29 is 13.9 Å². The molecular weight excluding hydrogens is 423 g/mol. The Morgan fingerprint density at radius 2 is 1.85 bits per heavy atom. The highest BCUT2D eigenvalue weighted by Crippen LogP contribution is 2.50. The average Bonchev–Trinajstić information content (AvgIpc) is 2.86. The van der Waals surface area contributed by atoms with E-state index >= 15 is 0 Å². The Morgan fingerprint density at radius 1 is 1.06 bits per heavy atom. The third-order valence-corrected chi connectivity index (χ3v) is 9.38. The first kappa shape index (κ1) is 25.5. The lowest BCUT2D eigenvalue weighted by atomic mass is 9.59. The van der Waals surface area contributed by atoms with E-state index in [1.807, 2.05) is 0 Å². The van der Waals surface area contributed by atoms with Gasteiger partial charge in [-0.1, -0.05) is 64.0 Å². The van der Waals surface area contributed by atoms with Crippen molar-refractivity contribution in [2.24, 2.45) is 35.5 Å². The van der Waals surface area contributed by atoms with Crippen LogP contribution in [0.4, 0.5) is 4.39 Å². The van der Waals surface area contributed by atoms with Crippen LogP contribution in [0.1, 0.15) is 102 Å². The molecule has 0 saturated heterocycles. The molecule has 0 bridgehead atoms. The predicted molar refractivity (Wildman–Crippen MR) is 137 cm³/mol. The lowest BCUT2D eigenvalue weighted by molar-refractivity contribution is -0.144. The van der Waals surface area contributed by atoms with Gasteiger partial charge in [0, 0.05) is 6.07 Å². The standard InChI is InChI=1S/C31H45FO2/c1-3-5-8-22-12-14-23(15-13-22)25-17-19-28-26(20-25)10-7-11-29(28)31(33)34-27-18-16-24(9-6-4-2)30(32)21-27/h4,16,18,21-23,25-26,28-29H,2-3,5-15,17,19-20H2,1H3. The molecule has 34 heavy (non-hydrogen) atoms. The fourth-order valence-corrected chi connectivity index (χ4v) is 7.41. The van der Waals surface area contributed by atoms with Gasteiger partial charge < -0.3 is 4.74 Å². The number of benzene rings is 1. The molecule has 0 aliphatic heterocycles. The van der Waals surface area contributed by atoms with Crippen molar-refractivity contribution in [1.29, 1.82) is 0 Å². The summed E-state index contributed by atoms with van der Waals surface area (Å²) in [4.78, 5) is 13.1. The van der Waals surface area contributed by atoms with Crippen LogP contribution in [0.25, 0.3) is 0 Å². The first-order chi connectivity index (χ1) is 16.6. The highest BCUT2D eigenvalue weighted by molar-refractivity contribution is 5.75. The molecule has 0 radical (unpaired) electrons. The van der Waals surface area contributed by atoms with Crippen molar-refractivity contribution in [1.82, 2.24) is 0 Å². The van der Waals surface area contributed by atoms with E-state index in [4.69, 9.17) is 4.74 Å². The summed E-state index contributed by atoms with van der Waals surface area (Å²) in [6.07, 6.45) is 20.1. The number of carbonyl (C=O) groups is 1. The van der Waals surface area contributed by atoms with Crippen LogP contribution in [0.2, 0.25) is 0 Å². The fourth-order valence-electron chi connectivity index (χ4n) is 7.41. The smallest absolute Gasteiger partial charge is 0.314 e. The van der Waals surface area contributed by atoms with Crippen LogP contribution in [-0.2, 0) is 11.2 Å². The Balaban J connectivity index is 1.30. The maximum atomic E-state index is 14.4. The highest BCUT2D eigenvalue weighted by Gasteiger charge is 2.43. The number of esters is 1. The van der Waals surface area contributed by atoms with Crippen molar-refractivity contribution in [2.45, 2.75) is 103 Å². The first-order valence-corrected chi connectivity index (χ1v) is 14.2. The number of allylic oxidation sites excluding steroid dienone is 1. The lowest BCUT2D eigenvalue weighted by Gasteiger charge is -2.46. The summed E-state index contributed by atoms with van der Waals surface area (Å²) in [5, 5.41) is 0. The monoisotopic (exact) mass is 468 g/mol. The van der Waals surface area contributed by atoms with E-state index in [0.717, 1.165) is 37.0 Å². The summed E-state index contributed by atoms with van der Waals surface area (Å²) in [7, 11) is 0. The molecule has 3 aliphatic carbocycles. The Hall–Kier alpha value is -1.64. The fraction of sp³-hybridized carbons (Fsp3) is 0.710. The molecule has 3 saturated carbocycles. The maximum absolute atomic E-state index is 14.4. The summed E-state index contributed by atoms with van der Waals surface area (Å²) in [6, 6.07) is 4.87. The molecule has 3 heteroatoms. The zero-order valence-corrected chi connectivity index (χ0v) is 21.3. The van der Waals surface area contributed by atoms with Crippen molar-refractivity contribution in [3.63, 3.8) is 0 Å². The Kier molecular flexibility index (Phi) is 9.25. The van der Waals surface area contributed by atoms with Gasteiger partial charge >= 0.3 is 5.97 Å². The van der Waals surface area contributed by atoms with Crippen LogP contribution < -0.4 is 4.74 Å². The minimum absolute atomic E-state index is 0.0204. The maximum Gasteiger partial charge on any atom is 0.314 e. The van der Waals surface area contributed by atoms with E-state index in [0.29, 0.717) is 29.6 Å². The van der Waals surface area contributed by atoms with Gasteiger partial charge in [0.2, 0.25) is 0 Å². The molecule has 4 atom stereocenters. The molecule has 3 aliphatic rings. The first-order valence-electron chi connectivity index (χ1n) is 14.2. The van der Waals surface area contributed by atoms with Gasteiger partial charge in [0.25, 0.3) is 0 Å². The van der Waals surface area contributed by atoms with E-state index in [1.54, 1.807) is 18.2 Å². The molecule has 0 aromatic heterocycles. The minimum atomic E-state index is -0.293. The number of ether oxygens (including phenoxy) is 1. The van der Waals surface area contributed by atoms with E-state index in [1.165, 1.54) is 76.7 Å². The number of aryl methyl sites for hydroxylation is 1. The van der Waals surface area contributed by atoms with Gasteiger partial charge in [-0.15, -0.1) is 6.58 Å². The summed E-state index contributed by atoms with van der Waals surface area (Å²) in [6.45, 7) is 6.00. The quantitative estimate of drug-likeness (QED) is 0.206. The van der Waals surface area contributed by atoms with Crippen LogP contribution in [0.5, 0.6) is 5.75 Å². The Morgan fingerprint density at radius 3 is 2.59 bits per heavy atom. The SMILES string of the molecule is C=CCCc1ccc(OC(=O)C2CCCC3CC(C4CCC(CCCC)CC4)CCC32)cc1F. The van der Waals surface area contributed by atoms with Gasteiger partial charge in [-0.2, -0.15) is 0 Å². The second-order valence-electron chi connectivity index (χ2n) is 11.5. The second-order valence-corrected chi connectivity index (χ2v) is 11.5. The zero-order chi connectivity index (χ0) is 23.9. The highest BCUT2D eigenvalue weighted by atomic mass is 19.1. The number of carbonyl (C=O) groups excluding carboxylic acids is 1. The minimum Gasteiger partial charge on any atom is -0.426 e. The molecule has 3 fully saturated rings. The molecule has 0 heterocycles. The summed E-state index contributed by atoms with van der Waals surface area (Å²) < 4.78 is 20.1. The number of halogens is 1. The summed E-state index contributed by atoms with van der Waals surface area (Å²) >= 11 is 0. The summed E-state index contributed by atoms with van der Waals surface area (Å²) in [5.41, 5.74) is 0.648. The van der Waals surface area contributed by atoms with Crippen LogP contribution in [0, 0.1) is 41.3 Å². The Bertz CT molecular complexity index is 810. The number of hydrogen-bond acceptors (Lipinski definition) is 2. The number of rotatable bonds is 9. The third-order valence-electron chi connectivity index (χ3n) is 9.38. The van der Waals surface area contributed by atoms with Crippen molar-refractivity contribution >= 4 is 5.97 Å². The number of hydrogen-bond donors (Lipinski definition) is 0. The van der Waals surface area contributed by atoms with Gasteiger partial charge in [0.1, 0.15) is 11.6 Å². The molecule has 0 amide bonds. The molecule has 188 valence electrons. The van der Waals surface area contributed by atoms with Crippen molar-refractivity contribution in [2.75, 3.05) is 0 Å². The molecule has 1 aromatic carbocycles. The molecule has 4 unspecified atom stereocenters. The van der Waals surface area contributed by atoms with Gasteiger partial charge in [-0.25, -0.2) is 4.39 Å². The largest absolute Gasteiger partial charge is 0.426 e. The average molecular weight is 469 g/mol. The molecular formula is C31H45FO2. The van der Waals surface area contributed by atoms with Crippen LogP contribution >= 0.6 is 0 Å². The predicted octanol–water partition coefficient (Wildman–Crippen LogP) is 8.68. The Labute approximate surface area is 206 Å². The van der Waals surface area contributed by atoms with E-state index in [9.17, 15) is 9.18 Å². The van der Waals surface area contributed by atoms with Crippen LogP contribution in [-0.4, -0.2) is 5.97 Å². The lowest BCUT2D eigenvalue weighted by Crippen LogP contribution is -2.40. The van der Waals surface area contributed by atoms with Gasteiger partial charge in [-0.05, 0) is 92.6 Å². The van der Waals surface area contributed by atoms with Gasteiger partial charge in [0.15, 0.2) is 0 Å². The van der Waals surface area contributed by atoms with Crippen molar-refractivity contribution in [3.8, 4) is 5.75 Å². The molecule has 1 aromatic rings. The zero-order valence-electron chi connectivity index (χ0n) is 21.3. The van der Waals surface area contributed by atoms with E-state index in [2.05, 4.69) is 13.5 Å². The van der Waals surface area contributed by atoms with E-state index in [-0.39, 0.29) is 17.7 Å². The van der Waals surface area contributed by atoms with Gasteiger partial charge in [0.05, 0.1) is 5.92 Å². The van der Waals surface area contributed by atoms with E-state index < -0.39 is 0 Å². The molecule has 4 rings (SSSR count). The molecule has 0 spiro atoms. The van der Waals surface area contributed by atoms with Gasteiger partial charge in [-0.3, -0.25) is 4.79 Å². The topological polar surface area (TPSA) is 26.3 Å². The van der Waals surface area contributed by atoms with Crippen LogP contribution in [0.3, 0.4) is 0 Å². The number of unbranched alkanes of at least 4 members (excludes halogenated alkanes) is 1. The molecule has 2 nitrogen and oxygen atoms in total. The van der Waals surface area contributed by atoms with Crippen LogP contribution in [0.15, 0.2) is 30.9 Å². The number of fused-ring (bicyclic) bond motifs is 1. The molecule has 0 N–H and O–H groups in total. The third kappa shape index (κ3) is 6.32.